The summed E-state index contributed by atoms with van der Waals surface area (Å²) in [7, 11) is 1.47. The third-order valence-corrected chi connectivity index (χ3v) is 3.64. The predicted octanol–water partition coefficient (Wildman–Crippen LogP) is 1.91. The summed E-state index contributed by atoms with van der Waals surface area (Å²) in [6, 6.07) is 4.57. The Morgan fingerprint density at radius 2 is 2.14 bits per heavy atom. The van der Waals surface area contributed by atoms with E-state index in [2.05, 4.69) is 5.32 Å². The number of benzene rings is 1. The van der Waals surface area contributed by atoms with E-state index in [1.54, 1.807) is 0 Å². The molecule has 1 saturated carbocycles. The van der Waals surface area contributed by atoms with E-state index in [9.17, 15) is 25.0 Å². The summed E-state index contributed by atoms with van der Waals surface area (Å²) in [5.74, 6) is -1.65. The second kappa shape index (κ2) is 5.71. The average Bonchev–Trinajstić information content (AvgIpc) is 2.48. The van der Waals surface area contributed by atoms with E-state index in [1.165, 1.54) is 19.2 Å². The first-order valence-electron chi connectivity index (χ1n) is 6.47. The number of carbonyl (C=O) groups excluding carboxylic acids is 2. The Hall–Kier alpha value is -2.75. The highest BCUT2D eigenvalue weighted by molar-refractivity contribution is 6.39. The fraction of sp³-hybridized carbons (Fsp3) is 0.357. The second-order valence-corrected chi connectivity index (χ2v) is 4.78. The molecule has 1 unspecified atom stereocenters. The summed E-state index contributed by atoms with van der Waals surface area (Å²) in [6.45, 7) is 0. The first-order valence-corrected chi connectivity index (χ1v) is 6.47. The molecular weight excluding hydrogens is 274 g/mol. The van der Waals surface area contributed by atoms with Gasteiger partial charge in [0, 0.05) is 19.5 Å². The number of Topliss-reactive ketones (excluding diaryl/α,β-unsaturated/α-hetero) is 2. The van der Waals surface area contributed by atoms with Gasteiger partial charge in [-0.15, -0.1) is 0 Å². The summed E-state index contributed by atoms with van der Waals surface area (Å²) < 4.78 is 0. The maximum atomic E-state index is 12.0. The highest BCUT2D eigenvalue weighted by Gasteiger charge is 2.34. The van der Waals surface area contributed by atoms with Crippen LogP contribution in [0.25, 0.3) is 0 Å². The molecular formula is C14H13N3O4. The van der Waals surface area contributed by atoms with Crippen LogP contribution in [0.2, 0.25) is 0 Å². The van der Waals surface area contributed by atoms with E-state index >= 15 is 0 Å². The van der Waals surface area contributed by atoms with Crippen molar-refractivity contribution in [3.05, 3.63) is 33.4 Å². The van der Waals surface area contributed by atoms with Crippen molar-refractivity contribution in [1.82, 2.24) is 0 Å². The smallest absolute Gasteiger partial charge is 0.293 e. The Labute approximate surface area is 120 Å². The lowest BCUT2D eigenvalue weighted by Gasteiger charge is -2.21. The van der Waals surface area contributed by atoms with Crippen molar-refractivity contribution >= 4 is 22.9 Å². The molecule has 7 nitrogen and oxygen atoms in total. The topological polar surface area (TPSA) is 113 Å². The highest BCUT2D eigenvalue weighted by Crippen LogP contribution is 2.37. The number of nitro benzene ring substituents is 1. The van der Waals surface area contributed by atoms with Gasteiger partial charge in [-0.25, -0.2) is 0 Å². The van der Waals surface area contributed by atoms with Crippen molar-refractivity contribution < 1.29 is 14.5 Å². The van der Waals surface area contributed by atoms with Gasteiger partial charge in [-0.2, -0.15) is 5.26 Å². The van der Waals surface area contributed by atoms with Gasteiger partial charge in [-0.05, 0) is 24.5 Å². The largest absolute Gasteiger partial charge is 0.381 e. The van der Waals surface area contributed by atoms with E-state index in [0.29, 0.717) is 18.4 Å². The van der Waals surface area contributed by atoms with Crippen molar-refractivity contribution in [2.75, 3.05) is 12.4 Å². The molecule has 1 fully saturated rings. The number of carbonyl (C=O) groups is 2. The SMILES string of the molecule is CNc1c([N+](=O)[O-])ccc(C2CCCC(=O)C2=O)c1C#N. The quantitative estimate of drug-likeness (QED) is 0.516. The molecule has 1 atom stereocenters. The molecule has 0 bridgehead atoms. The molecule has 1 N–H and O–H groups in total. The summed E-state index contributed by atoms with van der Waals surface area (Å²) in [4.78, 5) is 33.9. The van der Waals surface area contributed by atoms with E-state index in [4.69, 9.17) is 0 Å². The number of anilines is 1. The minimum absolute atomic E-state index is 0.0553. The van der Waals surface area contributed by atoms with Crippen molar-refractivity contribution in [1.29, 1.82) is 5.26 Å². The van der Waals surface area contributed by atoms with Crippen molar-refractivity contribution in [3.63, 3.8) is 0 Å². The van der Waals surface area contributed by atoms with Gasteiger partial charge in [0.1, 0.15) is 11.8 Å². The van der Waals surface area contributed by atoms with Gasteiger partial charge in [-0.3, -0.25) is 19.7 Å². The summed E-state index contributed by atoms with van der Waals surface area (Å²) in [5.41, 5.74) is 0.281. The molecule has 0 saturated heterocycles. The van der Waals surface area contributed by atoms with Gasteiger partial charge >= 0.3 is 0 Å². The number of nitrogens with zero attached hydrogens (tertiary/aromatic N) is 2. The lowest BCUT2D eigenvalue weighted by molar-refractivity contribution is -0.384. The lowest BCUT2D eigenvalue weighted by atomic mass is 9.80. The number of hydrogen-bond donors (Lipinski definition) is 1. The predicted molar refractivity (Wildman–Crippen MR) is 74.0 cm³/mol. The Balaban J connectivity index is 2.60. The van der Waals surface area contributed by atoms with E-state index in [0.717, 1.165) is 0 Å². The zero-order chi connectivity index (χ0) is 15.6. The normalized spacial score (nSPS) is 18.2. The van der Waals surface area contributed by atoms with E-state index in [-0.39, 0.29) is 23.4 Å². The molecule has 0 aromatic heterocycles. The molecule has 0 aliphatic heterocycles. The second-order valence-electron chi connectivity index (χ2n) is 4.78. The van der Waals surface area contributed by atoms with Crippen LogP contribution in [0.3, 0.4) is 0 Å². The summed E-state index contributed by atoms with van der Waals surface area (Å²) in [6.07, 6.45) is 1.27. The van der Waals surface area contributed by atoms with Crippen LogP contribution in [-0.4, -0.2) is 23.5 Å². The fourth-order valence-electron chi connectivity index (χ4n) is 2.64. The first-order chi connectivity index (χ1) is 10.0. The molecule has 2 rings (SSSR count). The van der Waals surface area contributed by atoms with Crippen molar-refractivity contribution in [3.8, 4) is 6.07 Å². The van der Waals surface area contributed by atoms with Crippen LogP contribution < -0.4 is 5.32 Å². The maximum absolute atomic E-state index is 12.0. The lowest BCUT2D eigenvalue weighted by Crippen LogP contribution is -2.27. The van der Waals surface area contributed by atoms with Gasteiger partial charge in [0.25, 0.3) is 5.69 Å². The van der Waals surface area contributed by atoms with Crippen LogP contribution in [0.5, 0.6) is 0 Å². The van der Waals surface area contributed by atoms with Crippen LogP contribution in [0.4, 0.5) is 11.4 Å². The molecule has 1 aromatic rings. The number of ketones is 2. The molecule has 7 heteroatoms. The van der Waals surface area contributed by atoms with Crippen LogP contribution in [0.1, 0.15) is 36.3 Å². The molecule has 0 amide bonds. The number of nitriles is 1. The molecule has 1 aliphatic rings. The first kappa shape index (κ1) is 14.7. The molecule has 1 aromatic carbocycles. The minimum atomic E-state index is -0.686. The minimum Gasteiger partial charge on any atom is -0.381 e. The van der Waals surface area contributed by atoms with Crippen LogP contribution in [0, 0.1) is 21.4 Å². The van der Waals surface area contributed by atoms with Gasteiger partial charge < -0.3 is 5.32 Å². The monoisotopic (exact) mass is 287 g/mol. The Kier molecular flexibility index (Phi) is 3.98. The molecule has 0 radical (unpaired) electrons. The number of nitro groups is 1. The van der Waals surface area contributed by atoms with Crippen LogP contribution in [-0.2, 0) is 9.59 Å². The average molecular weight is 287 g/mol. The van der Waals surface area contributed by atoms with Crippen LogP contribution >= 0.6 is 0 Å². The maximum Gasteiger partial charge on any atom is 0.293 e. The molecule has 21 heavy (non-hydrogen) atoms. The van der Waals surface area contributed by atoms with Gasteiger partial charge in [-0.1, -0.05) is 0 Å². The Bertz CT molecular complexity index is 676. The third-order valence-electron chi connectivity index (χ3n) is 3.64. The summed E-state index contributed by atoms with van der Waals surface area (Å²) in [5, 5.41) is 22.9. The Morgan fingerprint density at radius 3 is 2.71 bits per heavy atom. The van der Waals surface area contributed by atoms with Crippen molar-refractivity contribution in [2.24, 2.45) is 0 Å². The molecule has 0 spiro atoms. The fourth-order valence-corrected chi connectivity index (χ4v) is 2.64. The zero-order valence-corrected chi connectivity index (χ0v) is 11.4. The summed E-state index contributed by atoms with van der Waals surface area (Å²) >= 11 is 0. The van der Waals surface area contributed by atoms with Gasteiger partial charge in [0.15, 0.2) is 5.78 Å². The van der Waals surface area contributed by atoms with Crippen molar-refractivity contribution in [2.45, 2.75) is 25.2 Å². The third kappa shape index (κ3) is 2.48. The van der Waals surface area contributed by atoms with E-state index < -0.39 is 22.4 Å². The number of nitrogens with one attached hydrogen (secondary N) is 1. The molecule has 0 heterocycles. The van der Waals surface area contributed by atoms with Gasteiger partial charge in [0.05, 0.1) is 16.4 Å². The molecule has 1 aliphatic carbocycles. The Morgan fingerprint density at radius 1 is 1.43 bits per heavy atom. The number of rotatable bonds is 3. The standard InChI is InChI=1S/C14H13N3O4/c1-16-13-10(7-15)8(5-6-11(13)17(20)21)9-3-2-4-12(18)14(9)19/h5-6,9,16H,2-4H2,1H3. The van der Waals surface area contributed by atoms with E-state index in [1.807, 2.05) is 6.07 Å². The number of hydrogen-bond acceptors (Lipinski definition) is 6. The molecule has 108 valence electrons. The van der Waals surface area contributed by atoms with Crippen LogP contribution in [0.15, 0.2) is 12.1 Å². The highest BCUT2D eigenvalue weighted by atomic mass is 16.6. The van der Waals surface area contributed by atoms with Gasteiger partial charge in [0.2, 0.25) is 5.78 Å². The zero-order valence-electron chi connectivity index (χ0n) is 11.4.